The topological polar surface area (TPSA) is 43.6 Å². The predicted octanol–water partition coefficient (Wildman–Crippen LogP) is 4.54. The van der Waals surface area contributed by atoms with E-state index in [1.807, 2.05) is 43.6 Å². The summed E-state index contributed by atoms with van der Waals surface area (Å²) >= 11 is 0. The standard InChI is InChI=1S/C20H24N2O2.ClH/c1-3-15(14-21-22-12-6-7-13-22)20(23)18-10-11-19(24-2)17-9-5-4-8-16(17)18;/h6-7,10-15H,3-5,8-9H2,1-2H3;1H. The minimum absolute atomic E-state index is 0. The van der Waals surface area contributed by atoms with E-state index in [0.717, 1.165) is 43.4 Å². The Hall–Kier alpha value is -2.07. The van der Waals surface area contributed by atoms with E-state index in [1.165, 1.54) is 11.1 Å². The summed E-state index contributed by atoms with van der Waals surface area (Å²) in [7, 11) is 1.70. The highest BCUT2D eigenvalue weighted by Crippen LogP contribution is 2.33. The van der Waals surface area contributed by atoms with Crippen molar-refractivity contribution in [1.29, 1.82) is 0 Å². The molecule has 1 aliphatic rings. The molecule has 2 aromatic rings. The lowest BCUT2D eigenvalue weighted by Crippen LogP contribution is -2.20. The van der Waals surface area contributed by atoms with Gasteiger partial charge in [0.25, 0.3) is 0 Å². The van der Waals surface area contributed by atoms with E-state index in [2.05, 4.69) is 5.10 Å². The van der Waals surface area contributed by atoms with Crippen LogP contribution in [0.15, 0.2) is 41.8 Å². The molecule has 134 valence electrons. The molecule has 0 amide bonds. The molecule has 0 bridgehead atoms. The van der Waals surface area contributed by atoms with Gasteiger partial charge < -0.3 is 4.74 Å². The molecule has 1 atom stereocenters. The number of hydrogen-bond donors (Lipinski definition) is 0. The molecule has 0 fully saturated rings. The normalized spacial score (nSPS) is 14.6. The Bertz CT molecular complexity index is 738. The van der Waals surface area contributed by atoms with Crippen LogP contribution in [0.5, 0.6) is 5.75 Å². The first-order valence-corrected chi connectivity index (χ1v) is 8.65. The molecule has 1 aromatic carbocycles. The molecule has 0 saturated carbocycles. The average Bonchev–Trinajstić information content (AvgIpc) is 3.14. The van der Waals surface area contributed by atoms with Gasteiger partial charge in [0, 0.05) is 24.2 Å². The lowest BCUT2D eigenvalue weighted by Gasteiger charge is -2.22. The number of aromatic nitrogens is 1. The van der Waals surface area contributed by atoms with Gasteiger partial charge in [-0.25, -0.2) is 4.68 Å². The van der Waals surface area contributed by atoms with Gasteiger partial charge in [-0.2, -0.15) is 5.10 Å². The van der Waals surface area contributed by atoms with E-state index in [1.54, 1.807) is 18.0 Å². The van der Waals surface area contributed by atoms with E-state index in [0.29, 0.717) is 0 Å². The van der Waals surface area contributed by atoms with Gasteiger partial charge in [-0.05, 0) is 67.5 Å². The van der Waals surface area contributed by atoms with Crippen molar-refractivity contribution >= 4 is 24.4 Å². The molecule has 0 radical (unpaired) electrons. The molecule has 0 N–H and O–H groups in total. The molecule has 3 rings (SSSR count). The molecule has 5 heteroatoms. The number of hydrogen-bond acceptors (Lipinski definition) is 3. The fraction of sp³-hybridized carbons (Fsp3) is 0.400. The lowest BCUT2D eigenvalue weighted by atomic mass is 9.83. The van der Waals surface area contributed by atoms with Crippen LogP contribution in [-0.2, 0) is 12.8 Å². The quantitative estimate of drug-likeness (QED) is 0.560. The predicted molar refractivity (Wildman–Crippen MR) is 103 cm³/mol. The number of methoxy groups -OCH3 is 1. The molecule has 0 aliphatic heterocycles. The first kappa shape index (κ1) is 19.3. The molecular formula is C20H25ClN2O2. The average molecular weight is 361 g/mol. The minimum Gasteiger partial charge on any atom is -0.496 e. The van der Waals surface area contributed by atoms with E-state index in [-0.39, 0.29) is 24.1 Å². The molecular weight excluding hydrogens is 336 g/mol. The fourth-order valence-corrected chi connectivity index (χ4v) is 3.37. The van der Waals surface area contributed by atoms with Crippen molar-refractivity contribution in [2.45, 2.75) is 39.0 Å². The third kappa shape index (κ3) is 4.13. The van der Waals surface area contributed by atoms with E-state index < -0.39 is 0 Å². The van der Waals surface area contributed by atoms with Crippen molar-refractivity contribution in [2.75, 3.05) is 7.11 Å². The molecule has 4 nitrogen and oxygen atoms in total. The Kier molecular flexibility index (Phi) is 6.82. The highest BCUT2D eigenvalue weighted by atomic mass is 35.5. The zero-order valence-corrected chi connectivity index (χ0v) is 15.6. The molecule has 1 unspecified atom stereocenters. The van der Waals surface area contributed by atoms with Crippen LogP contribution in [0.1, 0.15) is 47.7 Å². The smallest absolute Gasteiger partial charge is 0.171 e. The van der Waals surface area contributed by atoms with Gasteiger partial charge in [0.05, 0.1) is 13.0 Å². The van der Waals surface area contributed by atoms with Crippen molar-refractivity contribution in [3.8, 4) is 5.75 Å². The Morgan fingerprint density at radius 3 is 2.56 bits per heavy atom. The third-order valence-electron chi connectivity index (χ3n) is 4.72. The number of carbonyl (C=O) groups is 1. The van der Waals surface area contributed by atoms with Gasteiger partial charge in [-0.15, -0.1) is 12.4 Å². The van der Waals surface area contributed by atoms with Crippen LogP contribution in [0, 0.1) is 5.92 Å². The van der Waals surface area contributed by atoms with Crippen molar-refractivity contribution < 1.29 is 9.53 Å². The SMILES string of the molecule is CCC(C=Nn1cccc1)C(=O)c1ccc(OC)c2c1CCCC2.Cl. The largest absolute Gasteiger partial charge is 0.496 e. The fourth-order valence-electron chi connectivity index (χ4n) is 3.37. The molecule has 25 heavy (non-hydrogen) atoms. The number of nitrogens with zero attached hydrogens (tertiary/aromatic N) is 2. The molecule has 1 heterocycles. The van der Waals surface area contributed by atoms with Crippen LogP contribution in [0.25, 0.3) is 0 Å². The Morgan fingerprint density at radius 2 is 1.92 bits per heavy atom. The lowest BCUT2D eigenvalue weighted by molar-refractivity contribution is 0.0953. The second kappa shape index (κ2) is 8.86. The maximum absolute atomic E-state index is 13.1. The van der Waals surface area contributed by atoms with Gasteiger partial charge in [-0.3, -0.25) is 4.79 Å². The Labute approximate surface area is 155 Å². The number of ketones is 1. The van der Waals surface area contributed by atoms with Gasteiger partial charge in [0.15, 0.2) is 5.78 Å². The molecule has 0 spiro atoms. The molecule has 1 aromatic heterocycles. The minimum atomic E-state index is -0.202. The van der Waals surface area contributed by atoms with Crippen LogP contribution in [0.2, 0.25) is 0 Å². The van der Waals surface area contributed by atoms with E-state index in [4.69, 9.17) is 4.74 Å². The van der Waals surface area contributed by atoms with Crippen LogP contribution in [0.3, 0.4) is 0 Å². The summed E-state index contributed by atoms with van der Waals surface area (Å²) in [5.74, 6) is 0.872. The number of benzene rings is 1. The van der Waals surface area contributed by atoms with Crippen molar-refractivity contribution in [3.05, 3.63) is 53.3 Å². The Balaban J connectivity index is 0.00000225. The summed E-state index contributed by atoms with van der Waals surface area (Å²) in [6.07, 6.45) is 10.5. The van der Waals surface area contributed by atoms with Crippen LogP contribution in [-0.4, -0.2) is 23.8 Å². The van der Waals surface area contributed by atoms with Gasteiger partial charge >= 0.3 is 0 Å². The number of rotatable bonds is 6. The first-order valence-electron chi connectivity index (χ1n) is 8.65. The molecule has 1 aliphatic carbocycles. The van der Waals surface area contributed by atoms with Crippen LogP contribution >= 0.6 is 12.4 Å². The van der Waals surface area contributed by atoms with E-state index >= 15 is 0 Å². The molecule has 0 saturated heterocycles. The number of fused-ring (bicyclic) bond motifs is 1. The highest BCUT2D eigenvalue weighted by Gasteiger charge is 2.24. The number of carbonyl (C=O) groups excluding carboxylic acids is 1. The number of ether oxygens (including phenoxy) is 1. The third-order valence-corrected chi connectivity index (χ3v) is 4.72. The van der Waals surface area contributed by atoms with Gasteiger partial charge in [-0.1, -0.05) is 6.92 Å². The van der Waals surface area contributed by atoms with Crippen LogP contribution in [0.4, 0.5) is 0 Å². The van der Waals surface area contributed by atoms with Crippen molar-refractivity contribution in [2.24, 2.45) is 11.0 Å². The summed E-state index contributed by atoms with van der Waals surface area (Å²) in [4.78, 5) is 13.1. The van der Waals surface area contributed by atoms with Gasteiger partial charge in [0.1, 0.15) is 5.75 Å². The monoisotopic (exact) mass is 360 g/mol. The summed E-state index contributed by atoms with van der Waals surface area (Å²) < 4.78 is 7.21. The summed E-state index contributed by atoms with van der Waals surface area (Å²) in [6.45, 7) is 2.03. The summed E-state index contributed by atoms with van der Waals surface area (Å²) in [5.41, 5.74) is 3.24. The summed E-state index contributed by atoms with van der Waals surface area (Å²) in [5, 5.41) is 4.38. The number of Topliss-reactive ketones (excluding diaryl/α,β-unsaturated/α-hetero) is 1. The van der Waals surface area contributed by atoms with Crippen molar-refractivity contribution in [1.82, 2.24) is 4.68 Å². The number of halogens is 1. The Morgan fingerprint density at radius 1 is 1.24 bits per heavy atom. The zero-order valence-electron chi connectivity index (χ0n) is 14.8. The van der Waals surface area contributed by atoms with Gasteiger partial charge in [0.2, 0.25) is 0 Å². The highest BCUT2D eigenvalue weighted by molar-refractivity contribution is 6.07. The second-order valence-corrected chi connectivity index (χ2v) is 6.19. The second-order valence-electron chi connectivity index (χ2n) is 6.19. The van der Waals surface area contributed by atoms with Crippen molar-refractivity contribution in [3.63, 3.8) is 0 Å². The van der Waals surface area contributed by atoms with E-state index in [9.17, 15) is 4.79 Å². The summed E-state index contributed by atoms with van der Waals surface area (Å²) in [6, 6.07) is 7.70. The maximum Gasteiger partial charge on any atom is 0.171 e. The van der Waals surface area contributed by atoms with Crippen LogP contribution < -0.4 is 4.74 Å². The maximum atomic E-state index is 13.1. The zero-order chi connectivity index (χ0) is 16.9. The first-order chi connectivity index (χ1) is 11.7.